The van der Waals surface area contributed by atoms with E-state index in [1.165, 1.54) is 54.3 Å². The molecular formula is C27H22Cl2F3N3O5S. The first kappa shape index (κ1) is 29.3. The summed E-state index contributed by atoms with van der Waals surface area (Å²) in [5.41, 5.74) is -2.28. The summed E-state index contributed by atoms with van der Waals surface area (Å²) in [6.07, 6.45) is -6.74. The molecule has 5 rings (SSSR count). The first-order valence-corrected chi connectivity index (χ1v) is 14.5. The van der Waals surface area contributed by atoms with Gasteiger partial charge in [0.1, 0.15) is 11.8 Å². The first-order chi connectivity index (χ1) is 19.3. The fraction of sp³-hybridized carbons (Fsp3) is 0.259. The topological polar surface area (TPSA) is 102 Å². The van der Waals surface area contributed by atoms with Crippen LogP contribution in [0.5, 0.6) is 0 Å². The van der Waals surface area contributed by atoms with E-state index in [9.17, 15) is 31.5 Å². The quantitative estimate of drug-likeness (QED) is 0.315. The Morgan fingerprint density at radius 3 is 2.37 bits per heavy atom. The Bertz CT molecular complexity index is 1760. The summed E-state index contributed by atoms with van der Waals surface area (Å²) in [6.45, 7) is 2.59. The molecule has 0 radical (unpaired) electrons. The zero-order valence-corrected chi connectivity index (χ0v) is 23.7. The van der Waals surface area contributed by atoms with Gasteiger partial charge < -0.3 is 14.7 Å². The summed E-state index contributed by atoms with van der Waals surface area (Å²) in [7, 11) is -4.57. The minimum atomic E-state index is -4.87. The van der Waals surface area contributed by atoms with Crippen LogP contribution < -0.4 is 0 Å². The molecule has 4 aromatic rings. The number of hydrogen-bond donors (Lipinski definition) is 1. The number of fused-ring (bicyclic) bond motifs is 1. The van der Waals surface area contributed by atoms with Gasteiger partial charge in [0.25, 0.3) is 15.9 Å². The van der Waals surface area contributed by atoms with Gasteiger partial charge in [-0.3, -0.25) is 4.79 Å². The van der Waals surface area contributed by atoms with Gasteiger partial charge in [-0.15, -0.1) is 0 Å². The van der Waals surface area contributed by atoms with Crippen LogP contribution in [0, 0.1) is 6.92 Å². The monoisotopic (exact) mass is 627 g/mol. The molecule has 0 spiro atoms. The number of alkyl halides is 3. The molecule has 1 N–H and O–H groups in total. The average Bonchev–Trinajstić information content (AvgIpc) is 3.34. The second-order valence-electron chi connectivity index (χ2n) is 9.30. The largest absolute Gasteiger partial charge is 0.433 e. The summed E-state index contributed by atoms with van der Waals surface area (Å²) in [4.78, 5) is 18.1. The van der Waals surface area contributed by atoms with Crippen LogP contribution in [-0.4, -0.2) is 59.6 Å². The highest BCUT2D eigenvalue weighted by Crippen LogP contribution is 2.41. The third-order valence-electron chi connectivity index (χ3n) is 6.75. The van der Waals surface area contributed by atoms with Crippen molar-refractivity contribution in [2.75, 3.05) is 26.3 Å². The lowest BCUT2D eigenvalue weighted by molar-refractivity contribution is -0.141. The smallest absolute Gasteiger partial charge is 0.382 e. The van der Waals surface area contributed by atoms with E-state index in [0.717, 1.165) is 0 Å². The summed E-state index contributed by atoms with van der Waals surface area (Å²) in [5.74, 6) is -0.448. The molecular weight excluding hydrogens is 606 g/mol. The number of carbonyl (C=O) groups is 1. The molecule has 1 atom stereocenters. The van der Waals surface area contributed by atoms with Crippen LogP contribution in [-0.2, 0) is 20.9 Å². The van der Waals surface area contributed by atoms with Crippen LogP contribution in [0.25, 0.3) is 10.9 Å². The third-order valence-corrected chi connectivity index (χ3v) is 9.25. The average molecular weight is 628 g/mol. The number of aliphatic hydroxyl groups excluding tert-OH is 1. The summed E-state index contributed by atoms with van der Waals surface area (Å²) in [5, 5.41) is 11.4. The lowest BCUT2D eigenvalue weighted by Crippen LogP contribution is -2.40. The number of morpholine rings is 1. The fourth-order valence-corrected chi connectivity index (χ4v) is 6.94. The second kappa shape index (κ2) is 10.9. The van der Waals surface area contributed by atoms with Crippen LogP contribution in [0.3, 0.4) is 0 Å². The molecule has 1 unspecified atom stereocenters. The number of aliphatic hydroxyl groups is 1. The Labute approximate surface area is 242 Å². The second-order valence-corrected chi connectivity index (χ2v) is 11.9. The lowest BCUT2D eigenvalue weighted by Gasteiger charge is -2.28. The molecule has 41 heavy (non-hydrogen) atoms. The van der Waals surface area contributed by atoms with Crippen molar-refractivity contribution in [3.63, 3.8) is 0 Å². The number of aromatic nitrogens is 2. The fourth-order valence-electron chi connectivity index (χ4n) is 4.73. The van der Waals surface area contributed by atoms with E-state index >= 15 is 0 Å². The number of aryl methyl sites for hydroxylation is 1. The Morgan fingerprint density at radius 1 is 1.07 bits per heavy atom. The Hall–Kier alpha value is -3.16. The molecule has 2 aromatic carbocycles. The molecule has 0 bridgehead atoms. The molecule has 1 fully saturated rings. The number of amides is 1. The van der Waals surface area contributed by atoms with Crippen molar-refractivity contribution in [1.82, 2.24) is 13.9 Å². The van der Waals surface area contributed by atoms with E-state index in [4.69, 9.17) is 27.9 Å². The molecule has 8 nitrogen and oxygen atoms in total. The maximum atomic E-state index is 13.9. The van der Waals surface area contributed by atoms with Crippen LogP contribution in [0.1, 0.15) is 39.1 Å². The number of halogens is 5. The molecule has 2 aromatic heterocycles. The van der Waals surface area contributed by atoms with Crippen molar-refractivity contribution in [2.45, 2.75) is 24.1 Å². The molecule has 1 aliphatic rings. The van der Waals surface area contributed by atoms with E-state index in [2.05, 4.69) is 4.98 Å². The van der Waals surface area contributed by atoms with Gasteiger partial charge in [0.15, 0.2) is 0 Å². The molecule has 1 amide bonds. The number of ether oxygens (including phenoxy) is 1. The lowest BCUT2D eigenvalue weighted by atomic mass is 10.0. The summed E-state index contributed by atoms with van der Waals surface area (Å²) >= 11 is 13.1. The van der Waals surface area contributed by atoms with Gasteiger partial charge in [-0.25, -0.2) is 17.4 Å². The number of carbonyl (C=O) groups excluding carboxylic acids is 1. The van der Waals surface area contributed by atoms with Crippen molar-refractivity contribution in [2.24, 2.45) is 0 Å². The van der Waals surface area contributed by atoms with E-state index in [-0.39, 0.29) is 48.4 Å². The minimum absolute atomic E-state index is 0.0119. The highest BCUT2D eigenvalue weighted by atomic mass is 35.5. The zero-order chi connectivity index (χ0) is 29.7. The number of hydrogen-bond acceptors (Lipinski definition) is 6. The normalized spacial score (nSPS) is 15.3. The van der Waals surface area contributed by atoms with Crippen LogP contribution >= 0.6 is 23.2 Å². The van der Waals surface area contributed by atoms with Crippen molar-refractivity contribution >= 4 is 50.0 Å². The predicted molar refractivity (Wildman–Crippen MR) is 146 cm³/mol. The zero-order valence-electron chi connectivity index (χ0n) is 21.3. The minimum Gasteiger partial charge on any atom is -0.382 e. The highest BCUT2D eigenvalue weighted by molar-refractivity contribution is 7.90. The van der Waals surface area contributed by atoms with Crippen LogP contribution in [0.4, 0.5) is 13.2 Å². The van der Waals surface area contributed by atoms with Gasteiger partial charge in [-0.2, -0.15) is 13.2 Å². The third kappa shape index (κ3) is 5.30. The van der Waals surface area contributed by atoms with E-state index in [0.29, 0.717) is 36.3 Å². The predicted octanol–water partition coefficient (Wildman–Crippen LogP) is 5.46. The van der Waals surface area contributed by atoms with Crippen molar-refractivity contribution < 1.29 is 36.2 Å². The molecule has 3 heterocycles. The molecule has 1 aliphatic heterocycles. The van der Waals surface area contributed by atoms with E-state index in [1.807, 2.05) is 0 Å². The molecule has 0 saturated carbocycles. The molecule has 1 saturated heterocycles. The van der Waals surface area contributed by atoms with E-state index in [1.54, 1.807) is 6.07 Å². The Kier molecular flexibility index (Phi) is 7.81. The SMILES string of the molecule is Cc1nc(C(F)(F)F)cc2c1cc(C(O)c1c(Cl)ccc(C(=O)N3CCOCC3)c1Cl)n2S(=O)(=O)c1ccccc1. The summed E-state index contributed by atoms with van der Waals surface area (Å²) in [6, 6.07) is 11.6. The van der Waals surface area contributed by atoms with Gasteiger partial charge in [0.2, 0.25) is 0 Å². The van der Waals surface area contributed by atoms with Gasteiger partial charge in [-0.05, 0) is 43.3 Å². The van der Waals surface area contributed by atoms with Crippen molar-refractivity contribution in [1.29, 1.82) is 0 Å². The van der Waals surface area contributed by atoms with Gasteiger partial charge in [0, 0.05) is 34.8 Å². The number of nitrogens with zero attached hydrogens (tertiary/aromatic N) is 3. The number of rotatable bonds is 5. The van der Waals surface area contributed by atoms with Gasteiger partial charge >= 0.3 is 6.18 Å². The molecule has 14 heteroatoms. The van der Waals surface area contributed by atoms with Crippen molar-refractivity contribution in [3.05, 3.63) is 92.9 Å². The highest BCUT2D eigenvalue weighted by Gasteiger charge is 2.36. The Morgan fingerprint density at radius 2 is 1.73 bits per heavy atom. The summed E-state index contributed by atoms with van der Waals surface area (Å²) < 4.78 is 74.8. The van der Waals surface area contributed by atoms with Crippen LogP contribution in [0.15, 0.2) is 59.5 Å². The maximum absolute atomic E-state index is 13.9. The molecule has 216 valence electrons. The first-order valence-electron chi connectivity index (χ1n) is 12.3. The Balaban J connectivity index is 1.75. The molecule has 0 aliphatic carbocycles. The van der Waals surface area contributed by atoms with Gasteiger partial charge in [0.05, 0.1) is 39.9 Å². The standard InChI is InChI=1S/C27H22Cl2F3N3O5S/c1-15-18-13-21(25(36)23-19(28)8-7-17(24(23)29)26(37)34-9-11-40-12-10-34)35(20(18)14-22(33-15)27(30,31)32)41(38,39)16-5-3-2-4-6-16/h2-8,13-14,25,36H,9-12H2,1H3. The van der Waals surface area contributed by atoms with Crippen LogP contribution in [0.2, 0.25) is 10.0 Å². The van der Waals surface area contributed by atoms with E-state index < -0.39 is 33.9 Å². The number of benzene rings is 2. The maximum Gasteiger partial charge on any atom is 0.433 e. The number of pyridine rings is 1. The van der Waals surface area contributed by atoms with Crippen molar-refractivity contribution in [3.8, 4) is 0 Å². The van der Waals surface area contributed by atoms with Gasteiger partial charge in [-0.1, -0.05) is 41.4 Å².